The molecule has 0 heterocycles. The van der Waals surface area contributed by atoms with Gasteiger partial charge in [-0.1, -0.05) is 75.5 Å². The molecule has 0 fully saturated rings. The third kappa shape index (κ3) is 9.50. The van der Waals surface area contributed by atoms with E-state index in [-0.39, 0.29) is 29.6 Å². The smallest absolute Gasteiger partial charge is 0.264 e. The van der Waals surface area contributed by atoms with E-state index in [1.807, 2.05) is 51.1 Å². The Balaban J connectivity index is 1.84. The van der Waals surface area contributed by atoms with Crippen molar-refractivity contribution in [3.05, 3.63) is 123 Å². The van der Waals surface area contributed by atoms with Gasteiger partial charge in [0.2, 0.25) is 11.8 Å². The lowest BCUT2D eigenvalue weighted by Crippen LogP contribution is -2.54. The van der Waals surface area contributed by atoms with Gasteiger partial charge in [-0.15, -0.1) is 0 Å². The van der Waals surface area contributed by atoms with Gasteiger partial charge in [-0.25, -0.2) is 8.42 Å². The van der Waals surface area contributed by atoms with Crippen LogP contribution in [0.2, 0.25) is 10.0 Å². The van der Waals surface area contributed by atoms with Crippen molar-refractivity contribution in [2.24, 2.45) is 0 Å². The molecule has 0 aliphatic heterocycles. The summed E-state index contributed by atoms with van der Waals surface area (Å²) in [6, 6.07) is 25.6. The number of amides is 2. The van der Waals surface area contributed by atoms with Crippen molar-refractivity contribution in [2.75, 3.05) is 17.5 Å². The predicted molar refractivity (Wildman–Crippen MR) is 191 cm³/mol. The number of rotatable bonds is 14. The molecule has 0 aromatic heterocycles. The van der Waals surface area contributed by atoms with E-state index in [0.717, 1.165) is 9.87 Å². The zero-order chi connectivity index (χ0) is 34.1. The number of nitrogens with zero attached hydrogens (tertiary/aromatic N) is 2. The summed E-state index contributed by atoms with van der Waals surface area (Å²) in [4.78, 5) is 29.8. The summed E-state index contributed by atoms with van der Waals surface area (Å²) in [5, 5.41) is 3.55. The van der Waals surface area contributed by atoms with Crippen molar-refractivity contribution in [2.45, 2.75) is 50.7 Å². The van der Waals surface area contributed by atoms with Crippen LogP contribution in [0.25, 0.3) is 0 Å². The van der Waals surface area contributed by atoms with Gasteiger partial charge >= 0.3 is 0 Å². The van der Waals surface area contributed by atoms with Crippen molar-refractivity contribution in [3.8, 4) is 5.75 Å². The Labute approximate surface area is 294 Å². The number of sulfonamides is 1. The van der Waals surface area contributed by atoms with Gasteiger partial charge in [0.1, 0.15) is 18.3 Å². The Bertz CT molecular complexity index is 1750. The normalized spacial score (nSPS) is 12.0. The maximum atomic E-state index is 14.6. The SMILES string of the molecule is CCOc1ccc(N(CC(=O)N(Cc2c(Cl)cccc2Cl)[C@@H](Cc2ccccc2)C(=O)NC(C)C)S(=O)(=O)c2ccc(Br)cc2)cc1. The van der Waals surface area contributed by atoms with Crippen LogP contribution in [-0.2, 0) is 32.6 Å². The molecule has 1 atom stereocenters. The number of anilines is 1. The Kier molecular flexibility index (Phi) is 12.7. The first kappa shape index (κ1) is 36.3. The highest BCUT2D eigenvalue weighted by Crippen LogP contribution is 2.30. The number of nitrogens with one attached hydrogen (secondary N) is 1. The first-order valence-electron chi connectivity index (χ1n) is 15.0. The minimum absolute atomic E-state index is 0.0125. The molecule has 0 aliphatic carbocycles. The van der Waals surface area contributed by atoms with Gasteiger partial charge in [-0.3, -0.25) is 13.9 Å². The molecular formula is C35H36BrCl2N3O5S. The van der Waals surface area contributed by atoms with Gasteiger partial charge in [0.25, 0.3) is 10.0 Å². The second-order valence-electron chi connectivity index (χ2n) is 11.0. The molecule has 0 unspecified atom stereocenters. The van der Waals surface area contributed by atoms with Crippen LogP contribution in [0.15, 0.2) is 106 Å². The highest BCUT2D eigenvalue weighted by atomic mass is 79.9. The number of hydrogen-bond donors (Lipinski definition) is 1. The van der Waals surface area contributed by atoms with Gasteiger partial charge in [-0.05, 0) is 87.0 Å². The first-order valence-corrected chi connectivity index (χ1v) is 18.0. The number of benzene rings is 4. The minimum Gasteiger partial charge on any atom is -0.494 e. The third-order valence-electron chi connectivity index (χ3n) is 7.21. The molecule has 0 radical (unpaired) electrons. The second kappa shape index (κ2) is 16.5. The molecule has 4 aromatic rings. The maximum absolute atomic E-state index is 14.6. The number of hydrogen-bond acceptors (Lipinski definition) is 5. The molecule has 0 saturated heterocycles. The summed E-state index contributed by atoms with van der Waals surface area (Å²) in [5.41, 5.74) is 1.49. The molecule has 47 heavy (non-hydrogen) atoms. The van der Waals surface area contributed by atoms with E-state index in [1.165, 1.54) is 17.0 Å². The lowest BCUT2D eigenvalue weighted by Gasteiger charge is -2.34. The fourth-order valence-corrected chi connectivity index (χ4v) is 7.12. The van der Waals surface area contributed by atoms with Crippen molar-refractivity contribution in [1.29, 1.82) is 0 Å². The van der Waals surface area contributed by atoms with Gasteiger partial charge in [0, 0.05) is 39.1 Å². The van der Waals surface area contributed by atoms with Crippen LogP contribution in [0.4, 0.5) is 5.69 Å². The van der Waals surface area contributed by atoms with E-state index in [9.17, 15) is 18.0 Å². The van der Waals surface area contributed by atoms with E-state index < -0.39 is 34.4 Å². The van der Waals surface area contributed by atoms with Crippen LogP contribution in [0.5, 0.6) is 5.75 Å². The van der Waals surface area contributed by atoms with E-state index in [2.05, 4.69) is 21.2 Å². The zero-order valence-electron chi connectivity index (χ0n) is 26.2. The summed E-state index contributed by atoms with van der Waals surface area (Å²) in [6.45, 7) is 5.17. The van der Waals surface area contributed by atoms with Crippen LogP contribution in [0.3, 0.4) is 0 Å². The average Bonchev–Trinajstić information content (AvgIpc) is 3.03. The summed E-state index contributed by atoms with van der Waals surface area (Å²) < 4.78 is 35.7. The molecule has 12 heteroatoms. The van der Waals surface area contributed by atoms with Crippen molar-refractivity contribution >= 4 is 66.7 Å². The largest absolute Gasteiger partial charge is 0.494 e. The number of ether oxygens (including phenoxy) is 1. The molecule has 4 rings (SSSR count). The van der Waals surface area contributed by atoms with Crippen LogP contribution in [0.1, 0.15) is 31.9 Å². The number of carbonyl (C=O) groups is 2. The van der Waals surface area contributed by atoms with E-state index in [0.29, 0.717) is 32.4 Å². The van der Waals surface area contributed by atoms with Gasteiger partial charge in [0.15, 0.2) is 0 Å². The van der Waals surface area contributed by atoms with E-state index >= 15 is 0 Å². The van der Waals surface area contributed by atoms with Gasteiger partial charge < -0.3 is 15.0 Å². The van der Waals surface area contributed by atoms with Crippen molar-refractivity contribution < 1.29 is 22.7 Å². The van der Waals surface area contributed by atoms with Gasteiger partial charge in [0.05, 0.1) is 17.2 Å². The summed E-state index contributed by atoms with van der Waals surface area (Å²) >= 11 is 16.5. The molecule has 1 N–H and O–H groups in total. The second-order valence-corrected chi connectivity index (χ2v) is 14.6. The standard InChI is InChI=1S/C35H36BrCl2N3O5S/c1-4-46-28-17-15-27(16-18-28)41(47(44,45)29-19-13-26(36)14-20-29)23-34(42)40(22-30-31(37)11-8-12-32(30)38)33(35(43)39-24(2)3)21-25-9-6-5-7-10-25/h5-20,24,33H,4,21-23H2,1-3H3,(H,39,43)/t33-/m0/s1. The van der Waals surface area contributed by atoms with Crippen LogP contribution in [-0.4, -0.2) is 50.4 Å². The van der Waals surface area contributed by atoms with Gasteiger partial charge in [-0.2, -0.15) is 0 Å². The topological polar surface area (TPSA) is 96.0 Å². The summed E-state index contributed by atoms with van der Waals surface area (Å²) in [6.07, 6.45) is 0.162. The zero-order valence-corrected chi connectivity index (χ0v) is 30.1. The van der Waals surface area contributed by atoms with E-state index in [1.54, 1.807) is 54.6 Å². The molecule has 4 aromatic carbocycles. The van der Waals surface area contributed by atoms with Crippen molar-refractivity contribution in [1.82, 2.24) is 10.2 Å². The molecular weight excluding hydrogens is 725 g/mol. The Morgan fingerprint density at radius 2 is 1.49 bits per heavy atom. The van der Waals surface area contributed by atoms with Crippen LogP contribution < -0.4 is 14.4 Å². The lowest BCUT2D eigenvalue weighted by atomic mass is 10.0. The lowest BCUT2D eigenvalue weighted by molar-refractivity contribution is -0.140. The highest BCUT2D eigenvalue weighted by molar-refractivity contribution is 9.10. The Morgan fingerprint density at radius 3 is 2.06 bits per heavy atom. The van der Waals surface area contributed by atoms with Crippen molar-refractivity contribution in [3.63, 3.8) is 0 Å². The predicted octanol–water partition coefficient (Wildman–Crippen LogP) is 7.51. The highest BCUT2D eigenvalue weighted by Gasteiger charge is 2.35. The number of carbonyl (C=O) groups excluding carboxylic acids is 2. The molecule has 2 amide bonds. The maximum Gasteiger partial charge on any atom is 0.264 e. The third-order valence-corrected chi connectivity index (χ3v) is 10.2. The quantitative estimate of drug-likeness (QED) is 0.144. The Hall–Kier alpha value is -3.57. The molecule has 0 spiro atoms. The fourth-order valence-electron chi connectivity index (χ4n) is 4.93. The monoisotopic (exact) mass is 759 g/mol. The molecule has 0 aliphatic rings. The van der Waals surface area contributed by atoms with E-state index in [4.69, 9.17) is 27.9 Å². The first-order chi connectivity index (χ1) is 22.4. The molecule has 0 bridgehead atoms. The average molecular weight is 762 g/mol. The molecule has 0 saturated carbocycles. The molecule has 248 valence electrons. The van der Waals surface area contributed by atoms with Crippen LogP contribution in [0, 0.1) is 0 Å². The summed E-state index contributed by atoms with van der Waals surface area (Å²) in [5.74, 6) is -0.481. The fraction of sp³-hybridized carbons (Fsp3) is 0.257. The Morgan fingerprint density at radius 1 is 0.872 bits per heavy atom. The number of halogens is 3. The van der Waals surface area contributed by atoms with Crippen LogP contribution >= 0.6 is 39.1 Å². The molecule has 8 nitrogen and oxygen atoms in total. The summed E-state index contributed by atoms with van der Waals surface area (Å²) in [7, 11) is -4.27. The minimum atomic E-state index is -4.27.